The molecule has 8 heteroatoms. The Kier molecular flexibility index (Phi) is 7.07. The number of hydrogen-bond acceptors (Lipinski definition) is 8. The molecule has 33 heavy (non-hydrogen) atoms. The molecule has 2 aromatic rings. The van der Waals surface area contributed by atoms with Crippen molar-refractivity contribution in [3.8, 4) is 32.8 Å². The maximum absolute atomic E-state index is 6.36. The third kappa shape index (κ3) is 5.29. The predicted octanol–water partition coefficient (Wildman–Crippen LogP) is 6.03. The van der Waals surface area contributed by atoms with Crippen LogP contribution in [0.1, 0.15) is 46.0 Å². The first kappa shape index (κ1) is 23.3. The number of rotatable bonds is 0. The quantitative estimate of drug-likeness (QED) is 0.446. The van der Waals surface area contributed by atoms with Crippen molar-refractivity contribution in [2.24, 2.45) is 10.8 Å². The molecule has 2 aromatic heterocycles. The zero-order chi connectivity index (χ0) is 22.7. The summed E-state index contributed by atoms with van der Waals surface area (Å²) in [6, 6.07) is 0. The van der Waals surface area contributed by atoms with Gasteiger partial charge in [-0.15, -0.1) is 22.7 Å². The summed E-state index contributed by atoms with van der Waals surface area (Å²) in [5.74, 6) is 3.21. The van der Waals surface area contributed by atoms with E-state index in [1.807, 2.05) is 10.8 Å². The van der Waals surface area contributed by atoms with Gasteiger partial charge >= 0.3 is 0 Å². The second-order valence-corrected chi connectivity index (χ2v) is 11.9. The molecule has 0 saturated carbocycles. The molecule has 5 rings (SSSR count). The van der Waals surface area contributed by atoms with E-state index in [1.165, 1.54) is 19.3 Å². The lowest BCUT2D eigenvalue weighted by Crippen LogP contribution is -2.35. The van der Waals surface area contributed by atoms with Gasteiger partial charge in [-0.25, -0.2) is 0 Å². The van der Waals surface area contributed by atoms with Gasteiger partial charge < -0.3 is 28.4 Å². The van der Waals surface area contributed by atoms with Crippen LogP contribution in [0.4, 0.5) is 0 Å². The molecule has 6 nitrogen and oxygen atoms in total. The number of fused-ring (bicyclic) bond motifs is 5. The van der Waals surface area contributed by atoms with Gasteiger partial charge in [0.15, 0.2) is 23.0 Å². The summed E-state index contributed by atoms with van der Waals surface area (Å²) in [5.41, 5.74) is -0.365. The molecule has 2 unspecified atom stereocenters. The molecule has 0 spiro atoms. The van der Waals surface area contributed by atoms with Gasteiger partial charge in [-0.05, 0) is 12.8 Å². The molecular formula is C25H34O6S2. The van der Waals surface area contributed by atoms with Gasteiger partial charge in [0.05, 0.1) is 60.2 Å². The van der Waals surface area contributed by atoms with E-state index in [9.17, 15) is 0 Å². The number of thiophene rings is 2. The van der Waals surface area contributed by atoms with Gasteiger partial charge in [0.2, 0.25) is 0 Å². The van der Waals surface area contributed by atoms with Crippen LogP contribution < -0.4 is 18.9 Å². The molecule has 2 atom stereocenters. The molecule has 0 N–H and O–H groups in total. The molecule has 0 fully saturated rings. The average molecular weight is 495 g/mol. The minimum absolute atomic E-state index is 0.183. The van der Waals surface area contributed by atoms with E-state index >= 15 is 0 Å². The third-order valence-corrected chi connectivity index (χ3v) is 8.44. The number of hydrogen-bond donors (Lipinski definition) is 0. The lowest BCUT2D eigenvalue weighted by atomic mass is 9.94. The Morgan fingerprint density at radius 2 is 1.00 bits per heavy atom. The zero-order valence-corrected chi connectivity index (χ0v) is 21.2. The summed E-state index contributed by atoms with van der Waals surface area (Å²) >= 11 is 3.26. The van der Waals surface area contributed by atoms with Crippen LogP contribution in [0, 0.1) is 10.8 Å². The monoisotopic (exact) mass is 494 g/mol. The van der Waals surface area contributed by atoms with E-state index in [-0.39, 0.29) is 10.8 Å². The van der Waals surface area contributed by atoms with Crippen LogP contribution in [0.25, 0.3) is 9.75 Å². The Balaban J connectivity index is 1.39. The highest BCUT2D eigenvalue weighted by molar-refractivity contribution is 7.21. The van der Waals surface area contributed by atoms with Crippen molar-refractivity contribution in [1.82, 2.24) is 0 Å². The smallest absolute Gasteiger partial charge is 0.180 e. The van der Waals surface area contributed by atoms with Crippen LogP contribution in [0.5, 0.6) is 23.0 Å². The van der Waals surface area contributed by atoms with Crippen LogP contribution in [0.15, 0.2) is 10.8 Å². The lowest BCUT2D eigenvalue weighted by molar-refractivity contribution is 0.00436. The average Bonchev–Trinajstić information content (AvgIpc) is 3.30. The largest absolute Gasteiger partial charge is 0.488 e. The maximum atomic E-state index is 6.36. The topological polar surface area (TPSA) is 55.4 Å². The fourth-order valence-corrected chi connectivity index (χ4v) is 6.29. The second kappa shape index (κ2) is 10.0. The standard InChI is InChI=1S/C25H34O6S2/c1-24-12-26-8-6-4-3-5-7-9-27-13-25(2)15-29-19-11-33-23(21(19)31-17-25)22-20(30-16-24)18(10-32-22)28-14-24/h10-11H,3-9,12-17H2,1-2H3. The molecule has 0 saturated heterocycles. The van der Waals surface area contributed by atoms with Crippen LogP contribution in [-0.2, 0) is 9.47 Å². The summed E-state index contributed by atoms with van der Waals surface area (Å²) in [7, 11) is 0. The van der Waals surface area contributed by atoms with Crippen molar-refractivity contribution in [2.75, 3.05) is 52.9 Å². The Bertz CT molecular complexity index is 865. The van der Waals surface area contributed by atoms with Crippen molar-refractivity contribution >= 4 is 22.7 Å². The first-order valence-electron chi connectivity index (χ1n) is 12.0. The molecule has 4 bridgehead atoms. The van der Waals surface area contributed by atoms with Crippen LogP contribution in [0.2, 0.25) is 0 Å². The fraction of sp³-hybridized carbons (Fsp3) is 0.680. The lowest BCUT2D eigenvalue weighted by Gasteiger charge is -2.26. The predicted molar refractivity (Wildman–Crippen MR) is 131 cm³/mol. The SMILES string of the molecule is CC12COCCCCCCCOCC3(C)COc4csc(c4OC3)-c3scc(c3OC1)OC2. The van der Waals surface area contributed by atoms with E-state index in [0.717, 1.165) is 58.8 Å². The van der Waals surface area contributed by atoms with Gasteiger partial charge in [0.1, 0.15) is 0 Å². The first-order valence-corrected chi connectivity index (χ1v) is 13.7. The van der Waals surface area contributed by atoms with Crippen LogP contribution >= 0.6 is 22.7 Å². The highest BCUT2D eigenvalue weighted by Gasteiger charge is 2.36. The summed E-state index contributed by atoms with van der Waals surface area (Å²) in [4.78, 5) is 2.08. The Hall–Kier alpha value is -1.48. The van der Waals surface area contributed by atoms with E-state index < -0.39 is 0 Å². The molecule has 3 aliphatic rings. The summed E-state index contributed by atoms with van der Waals surface area (Å²) in [6.45, 7) is 9.47. The second-order valence-electron chi connectivity index (χ2n) is 10.2. The van der Waals surface area contributed by atoms with Gasteiger partial charge in [0, 0.05) is 24.0 Å². The van der Waals surface area contributed by atoms with Crippen molar-refractivity contribution in [2.45, 2.75) is 46.0 Å². The molecule has 182 valence electrons. The molecule has 3 aliphatic heterocycles. The van der Waals surface area contributed by atoms with Gasteiger partial charge in [-0.3, -0.25) is 0 Å². The van der Waals surface area contributed by atoms with Crippen molar-refractivity contribution in [3.63, 3.8) is 0 Å². The van der Waals surface area contributed by atoms with Crippen molar-refractivity contribution in [3.05, 3.63) is 10.8 Å². The minimum atomic E-state index is -0.183. The molecule has 5 heterocycles. The normalized spacial score (nSPS) is 28.9. The fourth-order valence-electron chi connectivity index (χ4n) is 4.27. The van der Waals surface area contributed by atoms with Gasteiger partial charge in [-0.2, -0.15) is 0 Å². The van der Waals surface area contributed by atoms with Gasteiger partial charge in [0.25, 0.3) is 0 Å². The van der Waals surface area contributed by atoms with Gasteiger partial charge in [-0.1, -0.05) is 33.1 Å². The zero-order valence-electron chi connectivity index (χ0n) is 19.6. The minimum Gasteiger partial charge on any atom is -0.488 e. The molecular weight excluding hydrogens is 460 g/mol. The van der Waals surface area contributed by atoms with E-state index in [1.54, 1.807) is 22.7 Å². The van der Waals surface area contributed by atoms with Crippen LogP contribution in [0.3, 0.4) is 0 Å². The molecule has 0 amide bonds. The van der Waals surface area contributed by atoms with Crippen molar-refractivity contribution in [1.29, 1.82) is 0 Å². The molecule has 0 aromatic carbocycles. The summed E-state index contributed by atoms with van der Waals surface area (Å²) in [6.07, 6.45) is 5.77. The maximum Gasteiger partial charge on any atom is 0.180 e. The summed E-state index contributed by atoms with van der Waals surface area (Å²) < 4.78 is 37.2. The third-order valence-electron chi connectivity index (χ3n) is 6.39. The van der Waals surface area contributed by atoms with E-state index in [0.29, 0.717) is 39.6 Å². The Labute approximate surface area is 204 Å². The Morgan fingerprint density at radius 1 is 0.576 bits per heavy atom. The van der Waals surface area contributed by atoms with E-state index in [2.05, 4.69) is 13.8 Å². The molecule has 0 aliphatic carbocycles. The summed E-state index contributed by atoms with van der Waals surface area (Å²) in [5, 5.41) is 4.07. The Morgan fingerprint density at radius 3 is 1.48 bits per heavy atom. The van der Waals surface area contributed by atoms with Crippen molar-refractivity contribution < 1.29 is 28.4 Å². The highest BCUT2D eigenvalue weighted by atomic mass is 32.1. The van der Waals surface area contributed by atoms with Crippen LogP contribution in [-0.4, -0.2) is 52.9 Å². The first-order chi connectivity index (χ1) is 16.1. The highest BCUT2D eigenvalue weighted by Crippen LogP contribution is 2.54. The molecule has 0 radical (unpaired) electrons. The van der Waals surface area contributed by atoms with E-state index in [4.69, 9.17) is 28.4 Å². The number of ether oxygens (including phenoxy) is 6.